The Bertz CT molecular complexity index is 1100. The van der Waals surface area contributed by atoms with E-state index in [0.29, 0.717) is 12.0 Å². The smallest absolute Gasteiger partial charge is 0.241 e. The van der Waals surface area contributed by atoms with Gasteiger partial charge in [-0.3, -0.25) is 0 Å². The molecule has 0 bridgehead atoms. The van der Waals surface area contributed by atoms with Gasteiger partial charge in [0.05, 0.1) is 11.7 Å². The molecule has 4 aromatic heterocycles. The van der Waals surface area contributed by atoms with Crippen molar-refractivity contribution in [3.8, 4) is 11.1 Å². The first kappa shape index (κ1) is 16.1. The minimum Gasteiger partial charge on any atom is -0.350 e. The van der Waals surface area contributed by atoms with Crippen molar-refractivity contribution in [2.24, 2.45) is 0 Å². The number of piperidine rings is 1. The second-order valence-corrected chi connectivity index (χ2v) is 7.14. The molecule has 0 aromatic carbocycles. The maximum atomic E-state index is 4.64. The molecule has 0 unspecified atom stereocenters. The summed E-state index contributed by atoms with van der Waals surface area (Å²) in [4.78, 5) is 15.7. The van der Waals surface area contributed by atoms with Crippen LogP contribution in [0.25, 0.3) is 27.7 Å². The van der Waals surface area contributed by atoms with Crippen LogP contribution in [0, 0.1) is 0 Å². The number of pyridine rings is 2. The van der Waals surface area contributed by atoms with E-state index in [-0.39, 0.29) is 0 Å². The Labute approximate surface area is 157 Å². The maximum absolute atomic E-state index is 4.64. The lowest BCUT2D eigenvalue weighted by atomic mass is 10.1. The normalized spacial score (nSPS) is 16.2. The first-order valence-corrected chi connectivity index (χ1v) is 9.27. The minimum atomic E-state index is 0.436. The molecule has 0 atom stereocenters. The predicted molar refractivity (Wildman–Crippen MR) is 106 cm³/mol. The standard InChI is InChI=1S/C20H21N7/c1-26-8-4-16(5-9-26)24-20-23-13-18-17(6-10-27(18)25-20)15-11-14-3-2-7-21-19(14)22-12-15/h2-3,6-7,10-13,16H,4-5,8-9H2,1H3,(H,24,25). The molecule has 1 aliphatic rings. The van der Waals surface area contributed by atoms with Gasteiger partial charge in [0.15, 0.2) is 5.65 Å². The van der Waals surface area contributed by atoms with Gasteiger partial charge in [-0.1, -0.05) is 0 Å². The zero-order valence-electron chi connectivity index (χ0n) is 15.2. The van der Waals surface area contributed by atoms with Crippen molar-refractivity contribution < 1.29 is 0 Å². The van der Waals surface area contributed by atoms with E-state index in [1.54, 1.807) is 6.20 Å². The molecular formula is C20H21N7. The van der Waals surface area contributed by atoms with Gasteiger partial charge in [0.1, 0.15) is 0 Å². The first-order valence-electron chi connectivity index (χ1n) is 9.27. The molecule has 5 rings (SSSR count). The van der Waals surface area contributed by atoms with E-state index in [2.05, 4.69) is 49.4 Å². The third-order valence-corrected chi connectivity index (χ3v) is 5.23. The van der Waals surface area contributed by atoms with Crippen molar-refractivity contribution in [1.29, 1.82) is 0 Å². The van der Waals surface area contributed by atoms with E-state index in [4.69, 9.17) is 0 Å². The van der Waals surface area contributed by atoms with Gasteiger partial charge in [-0.15, -0.1) is 5.10 Å². The van der Waals surface area contributed by atoms with E-state index in [1.165, 1.54) is 0 Å². The van der Waals surface area contributed by atoms with Crippen molar-refractivity contribution in [1.82, 2.24) is 29.5 Å². The Morgan fingerprint density at radius 3 is 2.85 bits per heavy atom. The quantitative estimate of drug-likeness (QED) is 0.606. The molecule has 0 radical (unpaired) electrons. The fourth-order valence-corrected chi connectivity index (χ4v) is 3.66. The van der Waals surface area contributed by atoms with Crippen LogP contribution in [0.5, 0.6) is 0 Å². The molecule has 1 N–H and O–H groups in total. The van der Waals surface area contributed by atoms with Gasteiger partial charge in [-0.25, -0.2) is 19.5 Å². The van der Waals surface area contributed by atoms with E-state index in [1.807, 2.05) is 35.2 Å². The summed E-state index contributed by atoms with van der Waals surface area (Å²) in [6.45, 7) is 2.22. The lowest BCUT2D eigenvalue weighted by Crippen LogP contribution is -2.37. The van der Waals surface area contributed by atoms with Crippen LogP contribution in [0.2, 0.25) is 0 Å². The summed E-state index contributed by atoms with van der Waals surface area (Å²) in [6, 6.07) is 8.55. The number of hydrogen-bond acceptors (Lipinski definition) is 6. The first-order chi connectivity index (χ1) is 13.3. The van der Waals surface area contributed by atoms with Gasteiger partial charge in [0, 0.05) is 41.1 Å². The largest absolute Gasteiger partial charge is 0.350 e. The van der Waals surface area contributed by atoms with Crippen LogP contribution < -0.4 is 5.32 Å². The summed E-state index contributed by atoms with van der Waals surface area (Å²) >= 11 is 0. The van der Waals surface area contributed by atoms with E-state index >= 15 is 0 Å². The Morgan fingerprint density at radius 1 is 1.07 bits per heavy atom. The third kappa shape index (κ3) is 3.10. The number of anilines is 1. The van der Waals surface area contributed by atoms with Crippen molar-refractivity contribution >= 4 is 22.5 Å². The van der Waals surface area contributed by atoms with Gasteiger partial charge in [0.25, 0.3) is 0 Å². The van der Waals surface area contributed by atoms with Gasteiger partial charge in [-0.05, 0) is 57.2 Å². The van der Waals surface area contributed by atoms with E-state index < -0.39 is 0 Å². The van der Waals surface area contributed by atoms with E-state index in [9.17, 15) is 0 Å². The van der Waals surface area contributed by atoms with Crippen LogP contribution in [0.1, 0.15) is 12.8 Å². The molecule has 0 spiro atoms. The van der Waals surface area contributed by atoms with Gasteiger partial charge < -0.3 is 10.2 Å². The summed E-state index contributed by atoms with van der Waals surface area (Å²) in [5, 5.41) is 9.15. The molecule has 136 valence electrons. The Balaban J connectivity index is 1.44. The van der Waals surface area contributed by atoms with Crippen molar-refractivity contribution in [2.75, 3.05) is 25.5 Å². The van der Waals surface area contributed by atoms with Crippen LogP contribution in [0.4, 0.5) is 5.95 Å². The molecule has 1 aliphatic heterocycles. The number of fused-ring (bicyclic) bond motifs is 2. The molecule has 0 amide bonds. The number of aromatic nitrogens is 5. The fraction of sp³-hybridized carbons (Fsp3) is 0.300. The Morgan fingerprint density at radius 2 is 1.96 bits per heavy atom. The number of rotatable bonds is 3. The summed E-state index contributed by atoms with van der Waals surface area (Å²) in [5.41, 5.74) is 3.83. The number of nitrogens with one attached hydrogen (secondary N) is 1. The van der Waals surface area contributed by atoms with Gasteiger partial charge >= 0.3 is 0 Å². The second-order valence-electron chi connectivity index (χ2n) is 7.14. The van der Waals surface area contributed by atoms with Crippen LogP contribution in [-0.2, 0) is 0 Å². The highest BCUT2D eigenvalue weighted by molar-refractivity contribution is 5.86. The van der Waals surface area contributed by atoms with Crippen LogP contribution in [-0.4, -0.2) is 55.6 Å². The van der Waals surface area contributed by atoms with Crippen molar-refractivity contribution in [3.05, 3.63) is 49.1 Å². The molecular weight excluding hydrogens is 338 g/mol. The second kappa shape index (κ2) is 6.59. The predicted octanol–water partition coefficient (Wildman–Crippen LogP) is 2.85. The monoisotopic (exact) mass is 359 g/mol. The topological polar surface area (TPSA) is 71.2 Å². The lowest BCUT2D eigenvalue weighted by molar-refractivity contribution is 0.263. The average Bonchev–Trinajstić information content (AvgIpc) is 3.12. The molecule has 7 nitrogen and oxygen atoms in total. The highest BCUT2D eigenvalue weighted by Gasteiger charge is 2.17. The number of nitrogens with zero attached hydrogens (tertiary/aromatic N) is 6. The zero-order chi connectivity index (χ0) is 18.2. The molecule has 1 fully saturated rings. The fourth-order valence-electron chi connectivity index (χ4n) is 3.66. The molecule has 1 saturated heterocycles. The van der Waals surface area contributed by atoms with Gasteiger partial charge in [-0.2, -0.15) is 0 Å². The summed E-state index contributed by atoms with van der Waals surface area (Å²) in [5.74, 6) is 0.681. The Kier molecular flexibility index (Phi) is 3.94. The lowest BCUT2D eigenvalue weighted by Gasteiger charge is -2.29. The average molecular weight is 359 g/mol. The third-order valence-electron chi connectivity index (χ3n) is 5.23. The van der Waals surface area contributed by atoms with Crippen molar-refractivity contribution in [3.63, 3.8) is 0 Å². The summed E-state index contributed by atoms with van der Waals surface area (Å²) < 4.78 is 1.88. The molecule has 0 aliphatic carbocycles. The van der Waals surface area contributed by atoms with E-state index in [0.717, 1.165) is 53.6 Å². The highest BCUT2D eigenvalue weighted by atomic mass is 15.3. The number of likely N-dealkylation sites (tertiary alicyclic amines) is 1. The minimum absolute atomic E-state index is 0.436. The molecule has 27 heavy (non-hydrogen) atoms. The number of hydrogen-bond donors (Lipinski definition) is 1. The summed E-state index contributed by atoms with van der Waals surface area (Å²) in [6.07, 6.45) is 9.70. The maximum Gasteiger partial charge on any atom is 0.241 e. The highest BCUT2D eigenvalue weighted by Crippen LogP contribution is 2.27. The van der Waals surface area contributed by atoms with Crippen LogP contribution >= 0.6 is 0 Å². The van der Waals surface area contributed by atoms with Crippen molar-refractivity contribution in [2.45, 2.75) is 18.9 Å². The Hall–Kier alpha value is -3.06. The van der Waals surface area contributed by atoms with Crippen LogP contribution in [0.15, 0.2) is 49.1 Å². The van der Waals surface area contributed by atoms with Crippen LogP contribution in [0.3, 0.4) is 0 Å². The molecule has 4 aromatic rings. The molecule has 0 saturated carbocycles. The SMILES string of the molecule is CN1CCC(Nc2ncc3c(-c4cnc5ncccc5c4)ccn3n2)CC1. The molecule has 7 heteroatoms. The molecule has 5 heterocycles. The summed E-state index contributed by atoms with van der Waals surface area (Å²) in [7, 11) is 2.16. The zero-order valence-corrected chi connectivity index (χ0v) is 15.2. The van der Waals surface area contributed by atoms with Gasteiger partial charge in [0.2, 0.25) is 5.95 Å².